The van der Waals surface area contributed by atoms with Crippen LogP contribution >= 0.6 is 0 Å². The molecule has 2 aliphatic rings. The van der Waals surface area contributed by atoms with E-state index in [-0.39, 0.29) is 6.09 Å². The molecule has 7 nitrogen and oxygen atoms in total. The Balaban J connectivity index is 0.990. The summed E-state index contributed by atoms with van der Waals surface area (Å²) in [5.41, 5.74) is 4.64. The molecule has 2 heterocycles. The molecule has 0 aliphatic carbocycles. The van der Waals surface area contributed by atoms with Crippen molar-refractivity contribution < 1.29 is 19.0 Å². The molecule has 2 aliphatic heterocycles. The summed E-state index contributed by atoms with van der Waals surface area (Å²) in [5, 5.41) is 2.85. The predicted octanol–water partition coefficient (Wildman–Crippen LogP) is 4.24. The third-order valence-electron chi connectivity index (χ3n) is 6.90. The molecule has 1 saturated heterocycles. The summed E-state index contributed by atoms with van der Waals surface area (Å²) in [6.45, 7) is 7.62. The number of hydrogen-bond donors (Lipinski definition) is 1. The number of carbonyl (C=O) groups excluding carboxylic acids is 1. The fraction of sp³-hybridized carbons (Fsp3) is 0.367. The minimum absolute atomic E-state index is 0.373. The Bertz CT molecular complexity index is 1160. The lowest BCUT2D eigenvalue weighted by molar-refractivity contribution is 0.0921. The van der Waals surface area contributed by atoms with Gasteiger partial charge in [0, 0.05) is 57.8 Å². The van der Waals surface area contributed by atoms with Crippen LogP contribution in [0, 0.1) is 0 Å². The number of benzene rings is 3. The van der Waals surface area contributed by atoms with Gasteiger partial charge in [0.15, 0.2) is 0 Å². The topological polar surface area (TPSA) is 63.3 Å². The van der Waals surface area contributed by atoms with Crippen molar-refractivity contribution in [3.05, 3.63) is 95.1 Å². The smallest absolute Gasteiger partial charge is 0.407 e. The van der Waals surface area contributed by atoms with Gasteiger partial charge in [0.1, 0.15) is 24.7 Å². The summed E-state index contributed by atoms with van der Waals surface area (Å²) >= 11 is 0. The number of piperazine rings is 1. The maximum absolute atomic E-state index is 12.1. The number of carbonyl (C=O) groups is 1. The first kappa shape index (κ1) is 25.1. The lowest BCUT2D eigenvalue weighted by Crippen LogP contribution is -2.47. The zero-order valence-electron chi connectivity index (χ0n) is 21.2. The number of amides is 1. The van der Waals surface area contributed by atoms with Gasteiger partial charge in [-0.15, -0.1) is 0 Å². The number of hydrogen-bond acceptors (Lipinski definition) is 6. The normalized spacial score (nSPS) is 15.6. The summed E-state index contributed by atoms with van der Waals surface area (Å²) in [6, 6.07) is 24.6. The zero-order valence-corrected chi connectivity index (χ0v) is 21.2. The van der Waals surface area contributed by atoms with Crippen LogP contribution in [0.3, 0.4) is 0 Å². The van der Waals surface area contributed by atoms with Crippen LogP contribution in [-0.4, -0.2) is 61.8 Å². The third kappa shape index (κ3) is 7.24. The van der Waals surface area contributed by atoms with Crippen LogP contribution in [0.1, 0.15) is 22.3 Å². The van der Waals surface area contributed by atoms with Gasteiger partial charge in [0.25, 0.3) is 0 Å². The van der Waals surface area contributed by atoms with Crippen molar-refractivity contribution >= 4 is 6.09 Å². The Labute approximate surface area is 218 Å². The molecule has 3 aromatic rings. The fourth-order valence-corrected chi connectivity index (χ4v) is 4.77. The number of para-hydroxylation sites is 1. The lowest BCUT2D eigenvalue weighted by atomic mass is 10.1. The van der Waals surface area contributed by atoms with E-state index in [4.69, 9.17) is 14.2 Å². The van der Waals surface area contributed by atoms with Crippen LogP contribution in [-0.2, 0) is 30.9 Å². The second kappa shape index (κ2) is 12.6. The molecule has 1 fully saturated rings. The van der Waals surface area contributed by atoms with E-state index in [0.717, 1.165) is 69.4 Å². The highest BCUT2D eigenvalue weighted by atomic mass is 16.5. The quantitative estimate of drug-likeness (QED) is 0.448. The zero-order chi connectivity index (χ0) is 25.3. The van der Waals surface area contributed by atoms with E-state index in [1.54, 1.807) is 0 Å². The average molecular weight is 502 g/mol. The van der Waals surface area contributed by atoms with E-state index in [2.05, 4.69) is 51.5 Å². The molecule has 0 aromatic heterocycles. The molecule has 3 aromatic carbocycles. The Hall–Kier alpha value is -3.55. The molecule has 0 spiro atoms. The van der Waals surface area contributed by atoms with E-state index >= 15 is 0 Å². The summed E-state index contributed by atoms with van der Waals surface area (Å²) in [5.74, 6) is 1.90. The first-order valence-corrected chi connectivity index (χ1v) is 13.1. The first-order chi connectivity index (χ1) is 18.2. The van der Waals surface area contributed by atoms with Crippen LogP contribution in [0.2, 0.25) is 0 Å². The van der Waals surface area contributed by atoms with Gasteiger partial charge < -0.3 is 19.5 Å². The molecule has 1 amide bonds. The molecular formula is C30H35N3O4. The van der Waals surface area contributed by atoms with Gasteiger partial charge in [-0.1, -0.05) is 60.7 Å². The van der Waals surface area contributed by atoms with Crippen molar-refractivity contribution in [3.63, 3.8) is 0 Å². The van der Waals surface area contributed by atoms with Crippen LogP contribution < -0.4 is 14.8 Å². The van der Waals surface area contributed by atoms with Crippen LogP contribution in [0.5, 0.6) is 11.5 Å². The van der Waals surface area contributed by atoms with Gasteiger partial charge in [-0.2, -0.15) is 0 Å². The van der Waals surface area contributed by atoms with E-state index in [1.807, 2.05) is 36.4 Å². The van der Waals surface area contributed by atoms with Crippen molar-refractivity contribution in [2.24, 2.45) is 0 Å². The monoisotopic (exact) mass is 501 g/mol. The Kier molecular flexibility index (Phi) is 8.56. The molecule has 0 atom stereocenters. The molecule has 0 bridgehead atoms. The second-order valence-corrected chi connectivity index (χ2v) is 9.53. The largest absolute Gasteiger partial charge is 0.493 e. The average Bonchev–Trinajstić information content (AvgIpc) is 3.41. The Morgan fingerprint density at radius 2 is 1.68 bits per heavy atom. The maximum atomic E-state index is 12.1. The van der Waals surface area contributed by atoms with Crippen molar-refractivity contribution in [1.29, 1.82) is 0 Å². The number of fused-ring (bicyclic) bond motifs is 1. The highest BCUT2D eigenvalue weighted by molar-refractivity contribution is 5.67. The molecule has 7 heteroatoms. The summed E-state index contributed by atoms with van der Waals surface area (Å²) in [6.07, 6.45) is 0.553. The van der Waals surface area contributed by atoms with Crippen LogP contribution in [0.15, 0.2) is 72.8 Å². The van der Waals surface area contributed by atoms with Gasteiger partial charge in [-0.05, 0) is 28.8 Å². The molecule has 5 rings (SSSR count). The minimum atomic E-state index is -0.373. The predicted molar refractivity (Wildman–Crippen MR) is 143 cm³/mol. The minimum Gasteiger partial charge on any atom is -0.493 e. The summed E-state index contributed by atoms with van der Waals surface area (Å²) in [7, 11) is 0. The Morgan fingerprint density at radius 1 is 0.892 bits per heavy atom. The molecule has 0 unspecified atom stereocenters. The number of nitrogens with zero attached hydrogens (tertiary/aromatic N) is 2. The van der Waals surface area contributed by atoms with E-state index in [0.29, 0.717) is 19.8 Å². The van der Waals surface area contributed by atoms with E-state index in [9.17, 15) is 4.79 Å². The summed E-state index contributed by atoms with van der Waals surface area (Å²) in [4.78, 5) is 16.9. The molecule has 1 N–H and O–H groups in total. The van der Waals surface area contributed by atoms with Crippen molar-refractivity contribution in [1.82, 2.24) is 15.1 Å². The number of nitrogens with one attached hydrogen (secondary N) is 1. The van der Waals surface area contributed by atoms with Crippen LogP contribution in [0.4, 0.5) is 4.79 Å². The van der Waals surface area contributed by atoms with Crippen molar-refractivity contribution in [2.45, 2.75) is 26.1 Å². The molecule has 0 radical (unpaired) electrons. The van der Waals surface area contributed by atoms with Gasteiger partial charge in [-0.25, -0.2) is 4.79 Å². The standard InChI is InChI=1S/C30H35N3O4/c34-30(31-21-25-10-11-29-26(20-25)12-18-35-29)36-19-17-32-13-15-33(16-14-32)22-27-8-4-5-9-28(27)37-23-24-6-2-1-3-7-24/h1-11,20H,12-19,21-23H2,(H,31,34). The van der Waals surface area contributed by atoms with Gasteiger partial charge in [0.2, 0.25) is 0 Å². The van der Waals surface area contributed by atoms with Crippen molar-refractivity contribution in [3.8, 4) is 11.5 Å². The van der Waals surface area contributed by atoms with E-state index < -0.39 is 0 Å². The van der Waals surface area contributed by atoms with Crippen LogP contribution in [0.25, 0.3) is 0 Å². The van der Waals surface area contributed by atoms with E-state index in [1.165, 1.54) is 16.7 Å². The fourth-order valence-electron chi connectivity index (χ4n) is 4.77. The maximum Gasteiger partial charge on any atom is 0.407 e. The van der Waals surface area contributed by atoms with Gasteiger partial charge >= 0.3 is 6.09 Å². The molecule has 194 valence electrons. The summed E-state index contributed by atoms with van der Waals surface area (Å²) < 4.78 is 17.1. The molecular weight excluding hydrogens is 466 g/mol. The molecule has 37 heavy (non-hydrogen) atoms. The SMILES string of the molecule is O=C(NCc1ccc2c(c1)CCO2)OCCN1CCN(Cc2ccccc2OCc2ccccc2)CC1. The van der Waals surface area contributed by atoms with Gasteiger partial charge in [-0.3, -0.25) is 9.80 Å². The second-order valence-electron chi connectivity index (χ2n) is 9.53. The Morgan fingerprint density at radius 3 is 2.54 bits per heavy atom. The number of ether oxygens (including phenoxy) is 3. The molecule has 0 saturated carbocycles. The third-order valence-corrected chi connectivity index (χ3v) is 6.90. The lowest BCUT2D eigenvalue weighted by Gasteiger charge is -2.34. The highest BCUT2D eigenvalue weighted by Gasteiger charge is 2.19. The van der Waals surface area contributed by atoms with Gasteiger partial charge in [0.05, 0.1) is 6.61 Å². The first-order valence-electron chi connectivity index (χ1n) is 13.1. The number of alkyl carbamates (subject to hydrolysis) is 1. The number of rotatable bonds is 10. The van der Waals surface area contributed by atoms with Crippen molar-refractivity contribution in [2.75, 3.05) is 45.9 Å². The highest BCUT2D eigenvalue weighted by Crippen LogP contribution is 2.26.